The Bertz CT molecular complexity index is 923. The predicted octanol–water partition coefficient (Wildman–Crippen LogP) is 1.77. The molecule has 0 saturated heterocycles. The number of carbonyl (C=O) groups is 1. The highest BCUT2D eigenvalue weighted by molar-refractivity contribution is 7.90. The third-order valence-corrected chi connectivity index (χ3v) is 4.99. The van der Waals surface area contributed by atoms with Gasteiger partial charge in [0.2, 0.25) is 0 Å². The molecule has 132 valence electrons. The minimum atomic E-state index is -3.97. The second-order valence-electron chi connectivity index (χ2n) is 5.52. The molecule has 7 nitrogen and oxygen atoms in total. The van der Waals surface area contributed by atoms with Crippen molar-refractivity contribution in [2.24, 2.45) is 0 Å². The Labute approximate surface area is 146 Å². The van der Waals surface area contributed by atoms with Gasteiger partial charge in [-0.25, -0.2) is 13.1 Å². The van der Waals surface area contributed by atoms with Crippen LogP contribution in [0.4, 0.5) is 5.69 Å². The highest BCUT2D eigenvalue weighted by atomic mass is 32.2. The smallest absolute Gasteiger partial charge is 0.271 e. The number of nitrogens with two attached hydrogens (primary N) is 1. The number of amides is 1. The van der Waals surface area contributed by atoms with Crippen LogP contribution < -0.4 is 15.2 Å². The van der Waals surface area contributed by atoms with Crippen molar-refractivity contribution in [3.8, 4) is 5.75 Å². The average Bonchev–Trinajstić information content (AvgIpc) is 2.53. The quantitative estimate of drug-likeness (QED) is 0.534. The number of rotatable bonds is 6. The van der Waals surface area contributed by atoms with Gasteiger partial charge in [0.05, 0.1) is 4.90 Å². The summed E-state index contributed by atoms with van der Waals surface area (Å²) in [5, 5.41) is 7.23. The molecule has 0 aliphatic rings. The van der Waals surface area contributed by atoms with Gasteiger partial charge in [0, 0.05) is 17.5 Å². The molecule has 2 aromatic rings. The summed E-state index contributed by atoms with van der Waals surface area (Å²) < 4.78 is 31.8. The van der Waals surface area contributed by atoms with Crippen molar-refractivity contribution in [3.63, 3.8) is 0 Å². The van der Waals surface area contributed by atoms with E-state index in [1.807, 2.05) is 11.6 Å². The molecule has 0 fully saturated rings. The summed E-state index contributed by atoms with van der Waals surface area (Å²) in [6.45, 7) is 3.03. The number of benzene rings is 2. The van der Waals surface area contributed by atoms with E-state index in [1.54, 1.807) is 25.1 Å². The van der Waals surface area contributed by atoms with E-state index in [0.29, 0.717) is 22.6 Å². The summed E-state index contributed by atoms with van der Waals surface area (Å²) in [6.07, 6.45) is 1.06. The van der Waals surface area contributed by atoms with Crippen LogP contribution in [-0.4, -0.2) is 27.1 Å². The molecule has 0 aliphatic heterocycles. The molecule has 0 atom stereocenters. The molecule has 1 amide bonds. The zero-order valence-electron chi connectivity index (χ0n) is 13.9. The zero-order chi connectivity index (χ0) is 18.6. The Balaban J connectivity index is 2.05. The van der Waals surface area contributed by atoms with Crippen molar-refractivity contribution < 1.29 is 17.9 Å². The van der Waals surface area contributed by atoms with Crippen LogP contribution in [0.15, 0.2) is 41.3 Å². The van der Waals surface area contributed by atoms with Gasteiger partial charge in [-0.3, -0.25) is 4.79 Å². The second kappa shape index (κ2) is 7.35. The fourth-order valence-electron chi connectivity index (χ4n) is 2.25. The molecule has 0 saturated carbocycles. The Hall–Kier alpha value is -2.87. The Morgan fingerprint density at radius 3 is 2.60 bits per heavy atom. The van der Waals surface area contributed by atoms with E-state index in [2.05, 4.69) is 0 Å². The lowest BCUT2D eigenvalue weighted by Gasteiger charge is -2.11. The van der Waals surface area contributed by atoms with Crippen LogP contribution in [0.2, 0.25) is 0 Å². The molecule has 2 rings (SSSR count). The number of ether oxygens (including phenoxy) is 1. The number of carbonyl (C=O) groups excluding carboxylic acids is 1. The third kappa shape index (κ3) is 4.57. The van der Waals surface area contributed by atoms with Gasteiger partial charge in [-0.2, -0.15) is 0 Å². The van der Waals surface area contributed by atoms with Gasteiger partial charge in [-0.1, -0.05) is 17.7 Å². The van der Waals surface area contributed by atoms with Crippen molar-refractivity contribution in [3.05, 3.63) is 53.1 Å². The summed E-state index contributed by atoms with van der Waals surface area (Å²) in [4.78, 5) is 12.0. The highest BCUT2D eigenvalue weighted by Crippen LogP contribution is 2.18. The molecule has 25 heavy (non-hydrogen) atoms. The van der Waals surface area contributed by atoms with Crippen molar-refractivity contribution in [2.75, 3.05) is 12.3 Å². The fourth-order valence-corrected chi connectivity index (χ4v) is 3.45. The number of hydrogen-bond donors (Lipinski definition) is 3. The van der Waals surface area contributed by atoms with Gasteiger partial charge in [0.25, 0.3) is 15.9 Å². The fraction of sp³-hybridized carbons (Fsp3) is 0.176. The average molecular weight is 361 g/mol. The van der Waals surface area contributed by atoms with Crippen molar-refractivity contribution in [1.82, 2.24) is 4.72 Å². The summed E-state index contributed by atoms with van der Waals surface area (Å²) in [6, 6.07) is 9.42. The number of aryl methyl sites for hydroxylation is 2. The summed E-state index contributed by atoms with van der Waals surface area (Å²) in [7, 11) is -3.97. The normalized spacial score (nSPS) is 11.0. The van der Waals surface area contributed by atoms with E-state index < -0.39 is 22.5 Å². The first-order valence-corrected chi connectivity index (χ1v) is 8.87. The largest absolute Gasteiger partial charge is 0.484 e. The van der Waals surface area contributed by atoms with Crippen molar-refractivity contribution in [2.45, 2.75) is 18.7 Å². The number of sulfonamides is 1. The summed E-state index contributed by atoms with van der Waals surface area (Å²) in [5.74, 6) is -0.486. The maximum Gasteiger partial charge on any atom is 0.271 e. The molecular formula is C17H19N3O4S. The van der Waals surface area contributed by atoms with Crippen molar-refractivity contribution in [1.29, 1.82) is 5.41 Å². The van der Waals surface area contributed by atoms with Crippen LogP contribution in [0.5, 0.6) is 5.75 Å². The lowest BCUT2D eigenvalue weighted by atomic mass is 10.2. The van der Waals surface area contributed by atoms with Crippen LogP contribution in [0.1, 0.15) is 16.7 Å². The third-order valence-electron chi connectivity index (χ3n) is 3.45. The lowest BCUT2D eigenvalue weighted by molar-refractivity contribution is -0.121. The van der Waals surface area contributed by atoms with Gasteiger partial charge in [-0.15, -0.1) is 0 Å². The summed E-state index contributed by atoms with van der Waals surface area (Å²) in [5.41, 5.74) is 7.99. The first kappa shape index (κ1) is 18.5. The monoisotopic (exact) mass is 361 g/mol. The van der Waals surface area contributed by atoms with Gasteiger partial charge in [0.1, 0.15) is 5.75 Å². The van der Waals surface area contributed by atoms with E-state index >= 15 is 0 Å². The molecule has 0 heterocycles. The number of anilines is 1. The van der Waals surface area contributed by atoms with E-state index in [4.69, 9.17) is 15.9 Å². The number of nitrogens with one attached hydrogen (secondary N) is 2. The van der Waals surface area contributed by atoms with Crippen LogP contribution >= 0.6 is 0 Å². The summed E-state index contributed by atoms with van der Waals surface area (Å²) >= 11 is 0. The lowest BCUT2D eigenvalue weighted by Crippen LogP contribution is -2.34. The molecule has 0 radical (unpaired) electrons. The second-order valence-corrected chi connectivity index (χ2v) is 7.17. The first-order valence-electron chi connectivity index (χ1n) is 7.38. The molecule has 8 heteroatoms. The van der Waals surface area contributed by atoms with E-state index in [0.717, 1.165) is 11.8 Å². The van der Waals surface area contributed by atoms with Crippen LogP contribution in [0.25, 0.3) is 0 Å². The van der Waals surface area contributed by atoms with Gasteiger partial charge in [-0.05, 0) is 43.7 Å². The first-order chi connectivity index (χ1) is 11.7. The minimum absolute atomic E-state index is 0.0463. The predicted molar refractivity (Wildman–Crippen MR) is 95.5 cm³/mol. The molecule has 0 unspecified atom stereocenters. The zero-order valence-corrected chi connectivity index (χ0v) is 14.7. The highest BCUT2D eigenvalue weighted by Gasteiger charge is 2.20. The number of hydrogen-bond acceptors (Lipinski definition) is 6. The maximum absolute atomic E-state index is 12.3. The van der Waals surface area contributed by atoms with E-state index in [9.17, 15) is 13.2 Å². The van der Waals surface area contributed by atoms with Gasteiger partial charge >= 0.3 is 0 Å². The van der Waals surface area contributed by atoms with Gasteiger partial charge in [0.15, 0.2) is 6.61 Å². The van der Waals surface area contributed by atoms with Crippen molar-refractivity contribution >= 4 is 27.8 Å². The molecule has 0 aromatic heterocycles. The Kier molecular flexibility index (Phi) is 5.43. The van der Waals surface area contributed by atoms with Crippen LogP contribution in [-0.2, 0) is 14.8 Å². The van der Waals surface area contributed by atoms with Crippen LogP contribution in [0, 0.1) is 19.3 Å². The molecular weight excluding hydrogens is 342 g/mol. The molecule has 0 bridgehead atoms. The molecule has 4 N–H and O–H groups in total. The topological polar surface area (TPSA) is 122 Å². The van der Waals surface area contributed by atoms with E-state index in [1.165, 1.54) is 18.2 Å². The maximum atomic E-state index is 12.3. The number of nitrogen functional groups attached to an aromatic ring is 1. The standard InChI is InChI=1S/C17H19N3O4S/c1-11-3-6-16(12(2)7-11)25(22,23)20-17(21)10-24-14-4-5-15(19)13(8-14)9-18/h3-9,18H,10,19H2,1-2H3,(H,20,21). The molecule has 0 spiro atoms. The molecule has 2 aromatic carbocycles. The van der Waals surface area contributed by atoms with E-state index in [-0.39, 0.29) is 4.90 Å². The Morgan fingerprint density at radius 1 is 1.24 bits per heavy atom. The SMILES string of the molecule is Cc1ccc(S(=O)(=O)NC(=O)COc2ccc(N)c(C=N)c2)c(C)c1. The molecule has 0 aliphatic carbocycles. The van der Waals surface area contributed by atoms with Gasteiger partial charge < -0.3 is 15.9 Å². The van der Waals surface area contributed by atoms with Crippen LogP contribution in [0.3, 0.4) is 0 Å². The Morgan fingerprint density at radius 2 is 1.96 bits per heavy atom. The minimum Gasteiger partial charge on any atom is -0.484 e.